The molecule has 1 aliphatic rings. The third kappa shape index (κ3) is 3.87. The Morgan fingerprint density at radius 2 is 2.14 bits per heavy atom. The second kappa shape index (κ2) is 8.06. The molecule has 1 atom stereocenters. The lowest BCUT2D eigenvalue weighted by atomic mass is 9.96. The molecule has 1 saturated heterocycles. The molecule has 3 aromatic rings. The Labute approximate surface area is 169 Å². The van der Waals surface area contributed by atoms with Gasteiger partial charge in [0.2, 0.25) is 5.91 Å². The Morgan fingerprint density at radius 3 is 2.97 bits per heavy atom. The number of carbonyl (C=O) groups is 1. The van der Waals surface area contributed by atoms with Crippen molar-refractivity contribution in [2.24, 2.45) is 5.92 Å². The summed E-state index contributed by atoms with van der Waals surface area (Å²) < 4.78 is 10.7. The van der Waals surface area contributed by atoms with Gasteiger partial charge in [-0.2, -0.15) is 4.98 Å². The molecule has 1 amide bonds. The zero-order valence-corrected chi connectivity index (χ0v) is 16.9. The number of nitrogens with zero attached hydrogens (tertiary/aromatic N) is 4. The number of hydrogen-bond donors (Lipinski definition) is 1. The summed E-state index contributed by atoms with van der Waals surface area (Å²) in [6.07, 6.45) is 1.77. The number of para-hydroxylation sites is 1. The van der Waals surface area contributed by atoms with E-state index in [9.17, 15) is 4.79 Å². The molecule has 2 aromatic heterocycles. The number of piperidine rings is 1. The fourth-order valence-corrected chi connectivity index (χ4v) is 3.86. The molecule has 4 rings (SSSR count). The molecule has 1 aromatic carbocycles. The summed E-state index contributed by atoms with van der Waals surface area (Å²) in [7, 11) is 1.64. The van der Waals surface area contributed by atoms with Gasteiger partial charge in [0.05, 0.1) is 18.7 Å². The van der Waals surface area contributed by atoms with Crippen LogP contribution in [0.3, 0.4) is 0 Å². The van der Waals surface area contributed by atoms with E-state index in [1.165, 1.54) is 0 Å². The molecule has 3 heterocycles. The van der Waals surface area contributed by atoms with Crippen LogP contribution in [0.1, 0.15) is 29.9 Å². The fourth-order valence-electron chi connectivity index (χ4n) is 3.86. The lowest BCUT2D eigenvalue weighted by Crippen LogP contribution is -2.43. The van der Waals surface area contributed by atoms with E-state index < -0.39 is 0 Å². The first-order valence-electron chi connectivity index (χ1n) is 9.82. The van der Waals surface area contributed by atoms with Crippen LogP contribution in [0.2, 0.25) is 0 Å². The van der Waals surface area contributed by atoms with Crippen LogP contribution < -0.4 is 15.0 Å². The van der Waals surface area contributed by atoms with E-state index in [1.54, 1.807) is 7.11 Å². The molecule has 29 heavy (non-hydrogen) atoms. The normalized spacial score (nSPS) is 16.8. The minimum Gasteiger partial charge on any atom is -0.496 e. The Kier molecular flexibility index (Phi) is 5.33. The van der Waals surface area contributed by atoms with Crippen molar-refractivity contribution < 1.29 is 14.1 Å². The topological polar surface area (TPSA) is 93.4 Å². The second-order valence-corrected chi connectivity index (χ2v) is 7.36. The van der Waals surface area contributed by atoms with E-state index in [1.807, 2.05) is 38.1 Å². The van der Waals surface area contributed by atoms with Crippen molar-refractivity contribution in [3.8, 4) is 5.75 Å². The Morgan fingerprint density at radius 1 is 1.31 bits per heavy atom. The van der Waals surface area contributed by atoms with Crippen LogP contribution in [0.5, 0.6) is 5.75 Å². The number of carbonyl (C=O) groups excluding carboxylic acids is 1. The molecule has 1 fully saturated rings. The Balaban J connectivity index is 1.49. The van der Waals surface area contributed by atoms with Crippen LogP contribution >= 0.6 is 0 Å². The van der Waals surface area contributed by atoms with Crippen LogP contribution in [-0.4, -0.2) is 41.2 Å². The van der Waals surface area contributed by atoms with E-state index in [2.05, 4.69) is 25.3 Å². The van der Waals surface area contributed by atoms with Crippen molar-refractivity contribution in [2.75, 3.05) is 25.1 Å². The number of fused-ring (bicyclic) bond motifs is 1. The van der Waals surface area contributed by atoms with E-state index in [-0.39, 0.29) is 11.8 Å². The number of aromatic nitrogens is 3. The largest absolute Gasteiger partial charge is 0.496 e. The molecule has 0 aliphatic carbocycles. The molecule has 0 unspecified atom stereocenters. The number of anilines is 1. The highest BCUT2D eigenvalue weighted by Gasteiger charge is 2.29. The highest BCUT2D eigenvalue weighted by molar-refractivity contribution is 5.88. The molecular formula is C21H25N5O3. The quantitative estimate of drug-likeness (QED) is 0.710. The number of rotatable bonds is 5. The highest BCUT2D eigenvalue weighted by Crippen LogP contribution is 2.30. The molecule has 8 heteroatoms. The standard InChI is InChI=1S/C21H25N5O3/c1-13-18-19(23-14(2)24-21(18)29-25-13)26-10-6-8-16(12-26)20(27)22-11-15-7-4-5-9-17(15)28-3/h4-5,7,9,16H,6,8,10-12H2,1-3H3,(H,22,27)/t16-/m0/s1. The zero-order chi connectivity index (χ0) is 20.4. The summed E-state index contributed by atoms with van der Waals surface area (Å²) in [6, 6.07) is 7.71. The summed E-state index contributed by atoms with van der Waals surface area (Å²) >= 11 is 0. The minimum absolute atomic E-state index is 0.0460. The molecule has 1 aliphatic heterocycles. The van der Waals surface area contributed by atoms with Gasteiger partial charge >= 0.3 is 0 Å². The van der Waals surface area contributed by atoms with Crippen molar-refractivity contribution in [3.63, 3.8) is 0 Å². The van der Waals surface area contributed by atoms with Gasteiger partial charge in [0.25, 0.3) is 5.71 Å². The molecular weight excluding hydrogens is 370 g/mol. The molecule has 1 N–H and O–H groups in total. The van der Waals surface area contributed by atoms with Gasteiger partial charge < -0.3 is 19.5 Å². The van der Waals surface area contributed by atoms with Gasteiger partial charge in [-0.1, -0.05) is 23.4 Å². The number of aryl methyl sites for hydroxylation is 2. The monoisotopic (exact) mass is 395 g/mol. The van der Waals surface area contributed by atoms with Crippen molar-refractivity contribution in [1.82, 2.24) is 20.4 Å². The van der Waals surface area contributed by atoms with Crippen LogP contribution in [0.15, 0.2) is 28.8 Å². The van der Waals surface area contributed by atoms with Gasteiger partial charge in [0, 0.05) is 25.2 Å². The lowest BCUT2D eigenvalue weighted by molar-refractivity contribution is -0.125. The first kappa shape index (κ1) is 19.2. The minimum atomic E-state index is -0.107. The summed E-state index contributed by atoms with van der Waals surface area (Å²) in [5.74, 6) is 2.15. The lowest BCUT2D eigenvalue weighted by Gasteiger charge is -2.33. The maximum atomic E-state index is 12.9. The predicted molar refractivity (Wildman–Crippen MR) is 109 cm³/mol. The third-order valence-corrected chi connectivity index (χ3v) is 5.34. The van der Waals surface area contributed by atoms with Crippen molar-refractivity contribution in [3.05, 3.63) is 41.3 Å². The Bertz CT molecular complexity index is 1030. The SMILES string of the molecule is COc1ccccc1CNC(=O)[C@H]1CCCN(c2nc(C)nc3onc(C)c23)C1. The van der Waals surface area contributed by atoms with Gasteiger partial charge in [-0.05, 0) is 32.8 Å². The zero-order valence-electron chi connectivity index (χ0n) is 16.9. The van der Waals surface area contributed by atoms with E-state index in [4.69, 9.17) is 9.26 Å². The first-order valence-corrected chi connectivity index (χ1v) is 9.82. The van der Waals surface area contributed by atoms with Crippen molar-refractivity contribution >= 4 is 22.8 Å². The van der Waals surface area contributed by atoms with Gasteiger partial charge in [-0.25, -0.2) is 4.98 Å². The van der Waals surface area contributed by atoms with Crippen molar-refractivity contribution in [2.45, 2.75) is 33.2 Å². The maximum absolute atomic E-state index is 12.9. The van der Waals surface area contributed by atoms with Crippen LogP contribution in [0.25, 0.3) is 11.1 Å². The molecule has 8 nitrogen and oxygen atoms in total. The molecule has 0 saturated carbocycles. The summed E-state index contributed by atoms with van der Waals surface area (Å²) in [6.45, 7) is 5.61. The number of nitrogens with one attached hydrogen (secondary N) is 1. The van der Waals surface area contributed by atoms with Gasteiger partial charge in [-0.3, -0.25) is 4.79 Å². The van der Waals surface area contributed by atoms with E-state index >= 15 is 0 Å². The average molecular weight is 395 g/mol. The van der Waals surface area contributed by atoms with Crippen molar-refractivity contribution in [1.29, 1.82) is 0 Å². The molecule has 152 valence electrons. The van der Waals surface area contributed by atoms with Gasteiger partial charge in [-0.15, -0.1) is 0 Å². The maximum Gasteiger partial charge on any atom is 0.263 e. The summed E-state index contributed by atoms with van der Waals surface area (Å²) in [5, 5.41) is 7.92. The van der Waals surface area contributed by atoms with Crippen LogP contribution in [0.4, 0.5) is 5.82 Å². The number of benzene rings is 1. The summed E-state index contributed by atoms with van der Waals surface area (Å²) in [5.41, 5.74) is 2.22. The summed E-state index contributed by atoms with van der Waals surface area (Å²) in [4.78, 5) is 24.0. The van der Waals surface area contributed by atoms with Gasteiger partial charge in [0.15, 0.2) is 0 Å². The number of methoxy groups -OCH3 is 1. The van der Waals surface area contributed by atoms with E-state index in [0.29, 0.717) is 24.6 Å². The smallest absolute Gasteiger partial charge is 0.263 e. The van der Waals surface area contributed by atoms with Gasteiger partial charge in [0.1, 0.15) is 22.8 Å². The molecule has 0 bridgehead atoms. The average Bonchev–Trinajstić information content (AvgIpc) is 3.12. The van der Waals surface area contributed by atoms with E-state index in [0.717, 1.165) is 47.6 Å². The number of hydrogen-bond acceptors (Lipinski definition) is 7. The fraction of sp³-hybridized carbons (Fsp3) is 0.429. The number of amides is 1. The molecule has 0 radical (unpaired) electrons. The second-order valence-electron chi connectivity index (χ2n) is 7.36. The third-order valence-electron chi connectivity index (χ3n) is 5.34. The Hall–Kier alpha value is -3.16. The highest BCUT2D eigenvalue weighted by atomic mass is 16.5. The van der Waals surface area contributed by atoms with Crippen LogP contribution in [0, 0.1) is 19.8 Å². The molecule has 0 spiro atoms. The van der Waals surface area contributed by atoms with Crippen LogP contribution in [-0.2, 0) is 11.3 Å². The first-order chi connectivity index (χ1) is 14.1. The number of ether oxygens (including phenoxy) is 1. The predicted octanol–water partition coefficient (Wildman–Crippen LogP) is 2.78.